The second-order valence-corrected chi connectivity index (χ2v) is 5.22. The summed E-state index contributed by atoms with van der Waals surface area (Å²) in [7, 11) is 2.02. The van der Waals surface area contributed by atoms with Crippen molar-refractivity contribution in [3.63, 3.8) is 0 Å². The van der Waals surface area contributed by atoms with E-state index in [-0.39, 0.29) is 24.4 Å². The molecule has 0 aromatic carbocycles. The predicted octanol–water partition coefficient (Wildman–Crippen LogP) is 0.970. The number of nitrogens with zero attached hydrogens (tertiary/aromatic N) is 3. The maximum absolute atomic E-state index is 11.8. The number of carbonyl (C=O) groups is 1. The van der Waals surface area contributed by atoms with E-state index in [0.717, 1.165) is 38.2 Å². The molecule has 1 aromatic heterocycles. The van der Waals surface area contributed by atoms with Crippen molar-refractivity contribution in [3.8, 4) is 0 Å². The minimum Gasteiger partial charge on any atom is -0.341 e. The first-order chi connectivity index (χ1) is 8.58. The molecular weight excluding hydrogens is 264 g/mol. The van der Waals surface area contributed by atoms with Gasteiger partial charge in [0.1, 0.15) is 5.82 Å². The summed E-state index contributed by atoms with van der Waals surface area (Å²) in [6.07, 6.45) is 6.91. The maximum Gasteiger partial charge on any atom is 0.239 e. The first-order valence-corrected chi connectivity index (χ1v) is 6.58. The van der Waals surface area contributed by atoms with Gasteiger partial charge in [0.15, 0.2) is 0 Å². The van der Waals surface area contributed by atoms with E-state index in [1.165, 1.54) is 0 Å². The van der Waals surface area contributed by atoms with E-state index in [0.29, 0.717) is 5.92 Å². The zero-order valence-corrected chi connectivity index (χ0v) is 12.4. The van der Waals surface area contributed by atoms with Crippen LogP contribution in [0, 0.1) is 5.92 Å². The molecule has 1 fully saturated rings. The van der Waals surface area contributed by atoms with E-state index in [2.05, 4.69) is 9.55 Å². The number of nitrogens with two attached hydrogens (primary N) is 1. The molecular formula is C13H23ClN4O. The average molecular weight is 287 g/mol. The SMILES string of the molecule is C[C@@H](N)C(=O)N1CCC(Cc2nccn2C)CC1.Cl. The van der Waals surface area contributed by atoms with Crippen LogP contribution >= 0.6 is 12.4 Å². The number of hydrogen-bond acceptors (Lipinski definition) is 3. The van der Waals surface area contributed by atoms with E-state index in [9.17, 15) is 4.79 Å². The Balaban J connectivity index is 0.00000180. The van der Waals surface area contributed by atoms with Crippen LogP contribution in [0.4, 0.5) is 0 Å². The van der Waals surface area contributed by atoms with E-state index in [1.54, 1.807) is 6.92 Å². The fraction of sp³-hybridized carbons (Fsp3) is 0.692. The van der Waals surface area contributed by atoms with Gasteiger partial charge in [-0.15, -0.1) is 12.4 Å². The molecule has 0 saturated carbocycles. The Morgan fingerprint density at radius 3 is 2.63 bits per heavy atom. The molecule has 0 unspecified atom stereocenters. The number of carbonyl (C=O) groups excluding carboxylic acids is 1. The Morgan fingerprint density at radius 2 is 2.16 bits per heavy atom. The molecule has 108 valence electrons. The van der Waals surface area contributed by atoms with Crippen molar-refractivity contribution in [3.05, 3.63) is 18.2 Å². The molecule has 1 aliphatic rings. The van der Waals surface area contributed by atoms with Gasteiger partial charge in [0, 0.05) is 39.0 Å². The molecule has 19 heavy (non-hydrogen) atoms. The summed E-state index contributed by atoms with van der Waals surface area (Å²) < 4.78 is 2.07. The third kappa shape index (κ3) is 3.94. The summed E-state index contributed by atoms with van der Waals surface area (Å²) in [5, 5.41) is 0. The first kappa shape index (κ1) is 16.0. The van der Waals surface area contributed by atoms with Gasteiger partial charge in [0.25, 0.3) is 0 Å². The van der Waals surface area contributed by atoms with E-state index in [1.807, 2.05) is 24.3 Å². The molecule has 1 saturated heterocycles. The zero-order valence-electron chi connectivity index (χ0n) is 11.6. The minimum absolute atomic E-state index is 0. The molecule has 2 rings (SSSR count). The summed E-state index contributed by atoms with van der Waals surface area (Å²) in [6.45, 7) is 3.41. The van der Waals surface area contributed by atoms with Gasteiger partial charge < -0.3 is 15.2 Å². The number of aryl methyl sites for hydroxylation is 1. The molecule has 1 aliphatic heterocycles. The number of rotatable bonds is 3. The molecule has 5 nitrogen and oxygen atoms in total. The second kappa shape index (κ2) is 6.91. The van der Waals surface area contributed by atoms with Gasteiger partial charge in [-0.2, -0.15) is 0 Å². The lowest BCUT2D eigenvalue weighted by Crippen LogP contribution is -2.46. The third-order valence-electron chi connectivity index (χ3n) is 3.71. The first-order valence-electron chi connectivity index (χ1n) is 6.58. The predicted molar refractivity (Wildman–Crippen MR) is 77.1 cm³/mol. The summed E-state index contributed by atoms with van der Waals surface area (Å²) in [5.41, 5.74) is 5.63. The van der Waals surface area contributed by atoms with Crippen LogP contribution in [-0.4, -0.2) is 39.5 Å². The molecule has 6 heteroatoms. The summed E-state index contributed by atoms with van der Waals surface area (Å²) >= 11 is 0. The number of hydrogen-bond donors (Lipinski definition) is 1. The quantitative estimate of drug-likeness (QED) is 0.900. The van der Waals surface area contributed by atoms with E-state index < -0.39 is 0 Å². The summed E-state index contributed by atoms with van der Waals surface area (Å²) in [6, 6.07) is -0.379. The summed E-state index contributed by atoms with van der Waals surface area (Å²) in [5.74, 6) is 1.83. The van der Waals surface area contributed by atoms with Crippen LogP contribution in [0.1, 0.15) is 25.6 Å². The van der Waals surface area contributed by atoms with E-state index >= 15 is 0 Å². The Kier molecular flexibility index (Phi) is 5.82. The van der Waals surface area contributed by atoms with Gasteiger partial charge in [-0.25, -0.2) is 4.98 Å². The Labute approximate surface area is 120 Å². The topological polar surface area (TPSA) is 64.2 Å². The fourth-order valence-corrected chi connectivity index (χ4v) is 2.50. The van der Waals surface area contributed by atoms with E-state index in [4.69, 9.17) is 5.73 Å². The maximum atomic E-state index is 11.8. The molecule has 0 bridgehead atoms. The van der Waals surface area contributed by atoms with Crippen molar-refractivity contribution >= 4 is 18.3 Å². The number of imidazole rings is 1. The van der Waals surface area contributed by atoms with Crippen molar-refractivity contribution in [2.24, 2.45) is 18.7 Å². The van der Waals surface area contributed by atoms with Gasteiger partial charge >= 0.3 is 0 Å². The molecule has 0 radical (unpaired) electrons. The lowest BCUT2D eigenvalue weighted by molar-refractivity contribution is -0.133. The fourth-order valence-electron chi connectivity index (χ4n) is 2.50. The average Bonchev–Trinajstić information content (AvgIpc) is 2.75. The number of piperidine rings is 1. The standard InChI is InChI=1S/C13H22N4O.ClH/c1-10(14)13(18)17-6-3-11(4-7-17)9-12-15-5-8-16(12)2;/h5,8,10-11H,3-4,6-7,9,14H2,1-2H3;1H/t10-;/m1./s1. The highest BCUT2D eigenvalue weighted by Gasteiger charge is 2.25. The minimum atomic E-state index is -0.379. The number of amides is 1. The van der Waals surface area contributed by atoms with Crippen LogP contribution in [0.25, 0.3) is 0 Å². The van der Waals surface area contributed by atoms with Crippen molar-refractivity contribution in [1.29, 1.82) is 0 Å². The highest BCUT2D eigenvalue weighted by atomic mass is 35.5. The molecule has 2 heterocycles. The zero-order chi connectivity index (χ0) is 13.1. The highest BCUT2D eigenvalue weighted by molar-refractivity contribution is 5.85. The largest absolute Gasteiger partial charge is 0.341 e. The van der Waals surface area contributed by atoms with Crippen LogP contribution in [0.3, 0.4) is 0 Å². The lowest BCUT2D eigenvalue weighted by atomic mass is 9.93. The molecule has 0 aliphatic carbocycles. The molecule has 2 N–H and O–H groups in total. The van der Waals surface area contributed by atoms with Crippen LogP contribution in [-0.2, 0) is 18.3 Å². The Morgan fingerprint density at radius 1 is 1.53 bits per heavy atom. The molecule has 1 aromatic rings. The van der Waals surface area contributed by atoms with Crippen LogP contribution < -0.4 is 5.73 Å². The number of likely N-dealkylation sites (tertiary alicyclic amines) is 1. The van der Waals surface area contributed by atoms with Crippen molar-refractivity contribution < 1.29 is 4.79 Å². The molecule has 0 spiro atoms. The van der Waals surface area contributed by atoms with Crippen molar-refractivity contribution in [2.45, 2.75) is 32.2 Å². The van der Waals surface area contributed by atoms with Crippen LogP contribution in [0.2, 0.25) is 0 Å². The van der Waals surface area contributed by atoms with Gasteiger partial charge in [-0.05, 0) is 25.7 Å². The van der Waals surface area contributed by atoms with Crippen molar-refractivity contribution in [2.75, 3.05) is 13.1 Å². The van der Waals surface area contributed by atoms with Gasteiger partial charge in [0.2, 0.25) is 5.91 Å². The number of halogens is 1. The molecule has 1 amide bonds. The highest BCUT2D eigenvalue weighted by Crippen LogP contribution is 2.21. The second-order valence-electron chi connectivity index (χ2n) is 5.22. The Bertz CT molecular complexity index is 411. The normalized spacial score (nSPS) is 17.9. The van der Waals surface area contributed by atoms with Crippen molar-refractivity contribution in [1.82, 2.24) is 14.5 Å². The van der Waals surface area contributed by atoms with Gasteiger partial charge in [-0.3, -0.25) is 4.79 Å². The Hall–Kier alpha value is -1.07. The third-order valence-corrected chi connectivity index (χ3v) is 3.71. The van der Waals surface area contributed by atoms with Crippen LogP contribution in [0.5, 0.6) is 0 Å². The monoisotopic (exact) mass is 286 g/mol. The smallest absolute Gasteiger partial charge is 0.239 e. The lowest BCUT2D eigenvalue weighted by Gasteiger charge is -2.32. The van der Waals surface area contributed by atoms with Gasteiger partial charge in [-0.1, -0.05) is 0 Å². The van der Waals surface area contributed by atoms with Crippen LogP contribution in [0.15, 0.2) is 12.4 Å². The number of aromatic nitrogens is 2. The molecule has 1 atom stereocenters. The van der Waals surface area contributed by atoms with Gasteiger partial charge in [0.05, 0.1) is 6.04 Å². The summed E-state index contributed by atoms with van der Waals surface area (Å²) in [4.78, 5) is 18.0.